The van der Waals surface area contributed by atoms with E-state index in [0.29, 0.717) is 5.75 Å². The molecule has 0 bridgehead atoms. The predicted octanol–water partition coefficient (Wildman–Crippen LogP) is 1.25. The SMILES string of the molecule is CC1(C)OC2C(N=[N+]=[N-])CSC(O)C2O1. The molecule has 6 nitrogen and oxygen atoms in total. The number of fused-ring (bicyclic) bond motifs is 1. The second kappa shape index (κ2) is 3.84. The minimum atomic E-state index is -0.718. The number of aliphatic hydroxyl groups excluding tert-OH is 1. The quantitative estimate of drug-likeness (QED) is 0.418. The summed E-state index contributed by atoms with van der Waals surface area (Å²) in [6.07, 6.45) is -0.749. The maximum Gasteiger partial charge on any atom is 0.163 e. The zero-order valence-corrected chi connectivity index (χ0v) is 9.35. The average molecular weight is 231 g/mol. The van der Waals surface area contributed by atoms with Gasteiger partial charge in [0.2, 0.25) is 0 Å². The van der Waals surface area contributed by atoms with Crippen LogP contribution < -0.4 is 0 Å². The monoisotopic (exact) mass is 231 g/mol. The minimum Gasteiger partial charge on any atom is -0.380 e. The second-order valence-electron chi connectivity index (χ2n) is 4.06. The number of thioether (sulfide) groups is 1. The van der Waals surface area contributed by atoms with Crippen LogP contribution in [-0.2, 0) is 9.47 Å². The molecule has 2 heterocycles. The smallest absolute Gasteiger partial charge is 0.163 e. The van der Waals surface area contributed by atoms with E-state index in [4.69, 9.17) is 15.0 Å². The summed E-state index contributed by atoms with van der Waals surface area (Å²) in [6.45, 7) is 3.58. The third-order valence-corrected chi connectivity index (χ3v) is 3.61. The number of rotatable bonds is 1. The number of nitrogens with zero attached hydrogens (tertiary/aromatic N) is 3. The summed E-state index contributed by atoms with van der Waals surface area (Å²) in [6, 6.07) is -0.268. The van der Waals surface area contributed by atoms with Crippen molar-refractivity contribution in [1.82, 2.24) is 0 Å². The molecule has 0 amide bonds. The van der Waals surface area contributed by atoms with Crippen molar-refractivity contribution in [2.24, 2.45) is 5.11 Å². The first kappa shape index (κ1) is 11.0. The standard InChI is InChI=1S/C8H13N3O3S/c1-8(2)13-5-4(10-11-9)3-15-7(12)6(5)14-8/h4-7,12H,3H2,1-2H3. The van der Waals surface area contributed by atoms with E-state index in [0.717, 1.165) is 0 Å². The zero-order chi connectivity index (χ0) is 11.1. The number of aliphatic hydroxyl groups is 1. The van der Waals surface area contributed by atoms with Gasteiger partial charge in [0, 0.05) is 10.7 Å². The summed E-state index contributed by atoms with van der Waals surface area (Å²) < 4.78 is 11.2. The lowest BCUT2D eigenvalue weighted by Gasteiger charge is -2.31. The molecular formula is C8H13N3O3S. The lowest BCUT2D eigenvalue weighted by molar-refractivity contribution is -0.150. The van der Waals surface area contributed by atoms with Gasteiger partial charge < -0.3 is 14.6 Å². The van der Waals surface area contributed by atoms with Crippen LogP contribution in [0.25, 0.3) is 10.4 Å². The van der Waals surface area contributed by atoms with Crippen molar-refractivity contribution in [3.05, 3.63) is 10.4 Å². The van der Waals surface area contributed by atoms with Gasteiger partial charge in [-0.1, -0.05) is 5.11 Å². The summed E-state index contributed by atoms with van der Waals surface area (Å²) in [5.41, 5.74) is 7.82. The third-order valence-electron chi connectivity index (χ3n) is 2.46. The molecule has 0 spiro atoms. The molecule has 0 aromatic heterocycles. The number of hydrogen-bond acceptors (Lipinski definition) is 5. The first-order valence-electron chi connectivity index (χ1n) is 4.73. The molecule has 2 aliphatic heterocycles. The molecule has 0 aromatic rings. The van der Waals surface area contributed by atoms with E-state index >= 15 is 0 Å². The van der Waals surface area contributed by atoms with Crippen molar-refractivity contribution >= 4 is 11.8 Å². The Morgan fingerprint density at radius 2 is 2.13 bits per heavy atom. The molecule has 84 valence electrons. The van der Waals surface area contributed by atoms with Crippen LogP contribution in [0.2, 0.25) is 0 Å². The molecule has 2 fully saturated rings. The first-order valence-corrected chi connectivity index (χ1v) is 5.78. The van der Waals surface area contributed by atoms with Gasteiger partial charge in [0.05, 0.1) is 12.1 Å². The molecule has 0 aliphatic carbocycles. The van der Waals surface area contributed by atoms with Crippen molar-refractivity contribution in [1.29, 1.82) is 0 Å². The highest BCUT2D eigenvalue weighted by Crippen LogP contribution is 2.39. The second-order valence-corrected chi connectivity index (χ2v) is 5.21. The van der Waals surface area contributed by atoms with E-state index < -0.39 is 17.3 Å². The summed E-state index contributed by atoms with van der Waals surface area (Å²) in [5, 5.41) is 13.4. The Morgan fingerprint density at radius 3 is 2.80 bits per heavy atom. The van der Waals surface area contributed by atoms with Crippen LogP contribution in [0.15, 0.2) is 5.11 Å². The molecular weight excluding hydrogens is 218 g/mol. The number of azide groups is 1. The molecule has 0 radical (unpaired) electrons. The summed E-state index contributed by atoms with van der Waals surface area (Å²) in [4.78, 5) is 2.79. The van der Waals surface area contributed by atoms with Crippen molar-refractivity contribution in [3.63, 3.8) is 0 Å². The highest BCUT2D eigenvalue weighted by atomic mass is 32.2. The van der Waals surface area contributed by atoms with Gasteiger partial charge in [-0.25, -0.2) is 0 Å². The highest BCUT2D eigenvalue weighted by Gasteiger charge is 2.50. The van der Waals surface area contributed by atoms with Crippen LogP contribution in [0.5, 0.6) is 0 Å². The minimum absolute atomic E-state index is 0.268. The van der Waals surface area contributed by atoms with E-state index in [-0.39, 0.29) is 12.1 Å². The van der Waals surface area contributed by atoms with Crippen LogP contribution in [0, 0.1) is 0 Å². The molecule has 1 N–H and O–H groups in total. The zero-order valence-electron chi connectivity index (χ0n) is 8.53. The Labute approximate surface area is 91.6 Å². The molecule has 0 aromatic carbocycles. The van der Waals surface area contributed by atoms with E-state index in [1.54, 1.807) is 13.8 Å². The Kier molecular flexibility index (Phi) is 2.83. The van der Waals surface area contributed by atoms with E-state index in [9.17, 15) is 5.11 Å². The van der Waals surface area contributed by atoms with Crippen molar-refractivity contribution in [2.45, 2.75) is 43.3 Å². The molecule has 15 heavy (non-hydrogen) atoms. The van der Waals surface area contributed by atoms with Crippen LogP contribution >= 0.6 is 11.8 Å². The van der Waals surface area contributed by atoms with Gasteiger partial charge in [0.25, 0.3) is 0 Å². The van der Waals surface area contributed by atoms with E-state index in [1.165, 1.54) is 11.8 Å². The van der Waals surface area contributed by atoms with Crippen molar-refractivity contribution in [2.75, 3.05) is 5.75 Å². The molecule has 2 rings (SSSR count). The van der Waals surface area contributed by atoms with Gasteiger partial charge in [0.1, 0.15) is 11.5 Å². The first-order chi connectivity index (χ1) is 7.03. The highest BCUT2D eigenvalue weighted by molar-refractivity contribution is 7.99. The lowest BCUT2D eigenvalue weighted by atomic mass is 10.1. The molecule has 4 atom stereocenters. The van der Waals surface area contributed by atoms with Gasteiger partial charge in [0.15, 0.2) is 5.79 Å². The van der Waals surface area contributed by atoms with E-state index in [1.807, 2.05) is 0 Å². The van der Waals surface area contributed by atoms with Crippen LogP contribution in [0.3, 0.4) is 0 Å². The van der Waals surface area contributed by atoms with Crippen LogP contribution in [0.1, 0.15) is 13.8 Å². The summed E-state index contributed by atoms with van der Waals surface area (Å²) >= 11 is 1.33. The lowest BCUT2D eigenvalue weighted by Crippen LogP contribution is -2.46. The molecule has 7 heteroatoms. The molecule has 0 saturated carbocycles. The largest absolute Gasteiger partial charge is 0.380 e. The average Bonchev–Trinajstić information content (AvgIpc) is 2.47. The fraction of sp³-hybridized carbons (Fsp3) is 1.00. The normalized spacial score (nSPS) is 43.1. The fourth-order valence-corrected chi connectivity index (χ4v) is 2.94. The van der Waals surface area contributed by atoms with Crippen LogP contribution in [-0.4, -0.2) is 40.3 Å². The van der Waals surface area contributed by atoms with Gasteiger partial charge >= 0.3 is 0 Å². The van der Waals surface area contributed by atoms with Gasteiger partial charge in [-0.15, -0.1) is 11.8 Å². The molecule has 4 unspecified atom stereocenters. The number of hydrogen-bond donors (Lipinski definition) is 1. The fourth-order valence-electron chi connectivity index (χ4n) is 1.89. The van der Waals surface area contributed by atoms with Gasteiger partial charge in [-0.3, -0.25) is 0 Å². The summed E-state index contributed by atoms with van der Waals surface area (Å²) in [5.74, 6) is -0.156. The maximum atomic E-state index is 9.72. The third kappa shape index (κ3) is 2.07. The van der Waals surface area contributed by atoms with Crippen LogP contribution in [0.4, 0.5) is 0 Å². The Bertz CT molecular complexity index is 306. The number of ether oxygens (including phenoxy) is 2. The molecule has 2 aliphatic rings. The topological polar surface area (TPSA) is 87.5 Å². The van der Waals surface area contributed by atoms with Crippen molar-refractivity contribution < 1.29 is 14.6 Å². The van der Waals surface area contributed by atoms with Gasteiger partial charge in [-0.2, -0.15) is 0 Å². The van der Waals surface area contributed by atoms with Gasteiger partial charge in [-0.05, 0) is 19.4 Å². The molecule has 2 saturated heterocycles. The van der Waals surface area contributed by atoms with E-state index in [2.05, 4.69) is 10.0 Å². The Morgan fingerprint density at radius 1 is 1.47 bits per heavy atom. The maximum absolute atomic E-state index is 9.72. The Hall–Kier alpha value is -0.460. The summed E-state index contributed by atoms with van der Waals surface area (Å²) in [7, 11) is 0. The predicted molar refractivity (Wildman–Crippen MR) is 55.2 cm³/mol. The van der Waals surface area contributed by atoms with Crippen molar-refractivity contribution in [3.8, 4) is 0 Å². The Balaban J connectivity index is 2.19.